The molecule has 1 saturated heterocycles. The van der Waals surface area contributed by atoms with Crippen molar-refractivity contribution >= 4 is 34.0 Å². The summed E-state index contributed by atoms with van der Waals surface area (Å²) < 4.78 is 0. The van der Waals surface area contributed by atoms with Crippen LogP contribution in [0.5, 0.6) is 0 Å². The highest BCUT2D eigenvalue weighted by Crippen LogP contribution is 2.31. The Bertz CT molecular complexity index is 1150. The lowest BCUT2D eigenvalue weighted by atomic mass is 10.00. The SMILES string of the molecule is C[C@H](C(=O)Nc1nccs1)N1Cc2ccc(-c3ccc(N4CCN(C)CC4)cc3)cc2C1=O. The molecule has 3 heterocycles. The van der Waals surface area contributed by atoms with E-state index in [1.807, 2.05) is 12.1 Å². The van der Waals surface area contributed by atoms with E-state index in [0.29, 0.717) is 17.2 Å². The van der Waals surface area contributed by atoms with E-state index < -0.39 is 6.04 Å². The number of piperazine rings is 1. The molecule has 0 aliphatic carbocycles. The van der Waals surface area contributed by atoms with Gasteiger partial charge in [0.2, 0.25) is 5.91 Å². The second-order valence-electron chi connectivity index (χ2n) is 8.64. The fraction of sp³-hybridized carbons (Fsp3) is 0.320. The van der Waals surface area contributed by atoms with Crippen molar-refractivity contribution in [1.29, 1.82) is 0 Å². The number of carbonyl (C=O) groups excluding carboxylic acids is 2. The number of hydrogen-bond donors (Lipinski definition) is 1. The molecule has 0 unspecified atom stereocenters. The van der Waals surface area contributed by atoms with Gasteiger partial charge >= 0.3 is 0 Å². The highest BCUT2D eigenvalue weighted by atomic mass is 32.1. The average molecular weight is 462 g/mol. The Morgan fingerprint density at radius 2 is 1.79 bits per heavy atom. The molecule has 0 radical (unpaired) electrons. The molecule has 1 atom stereocenters. The van der Waals surface area contributed by atoms with Crippen molar-refractivity contribution in [2.75, 3.05) is 43.4 Å². The molecule has 0 saturated carbocycles. The molecule has 170 valence electrons. The molecule has 8 heteroatoms. The van der Waals surface area contributed by atoms with E-state index in [4.69, 9.17) is 0 Å². The van der Waals surface area contributed by atoms with Crippen molar-refractivity contribution in [3.05, 3.63) is 65.2 Å². The van der Waals surface area contributed by atoms with Crippen LogP contribution in [-0.2, 0) is 11.3 Å². The summed E-state index contributed by atoms with van der Waals surface area (Å²) in [6, 6.07) is 14.0. The summed E-state index contributed by atoms with van der Waals surface area (Å²) in [5.41, 5.74) is 4.94. The molecule has 2 aliphatic rings. The standard InChI is InChI=1S/C25H27N5O2S/c1-17(23(31)27-25-26-9-14-33-25)30-16-20-4-3-19(15-22(20)24(30)32)18-5-7-21(8-6-18)29-12-10-28(2)11-13-29/h3-9,14-15,17H,10-13,16H2,1-2H3,(H,26,27,31)/t17-/m1/s1. The van der Waals surface area contributed by atoms with Gasteiger partial charge in [0.25, 0.3) is 5.91 Å². The number of fused-ring (bicyclic) bond motifs is 1. The first-order valence-corrected chi connectivity index (χ1v) is 12.1. The second-order valence-corrected chi connectivity index (χ2v) is 9.54. The molecule has 1 aromatic heterocycles. The fourth-order valence-corrected chi connectivity index (χ4v) is 4.91. The number of anilines is 2. The Hall–Kier alpha value is -3.23. The second kappa shape index (κ2) is 8.96. The molecule has 7 nitrogen and oxygen atoms in total. The third-order valence-electron chi connectivity index (χ3n) is 6.52. The van der Waals surface area contributed by atoms with Gasteiger partial charge in [-0.1, -0.05) is 24.3 Å². The number of rotatable bonds is 5. The topological polar surface area (TPSA) is 68.8 Å². The average Bonchev–Trinajstić information content (AvgIpc) is 3.47. The molecule has 5 rings (SSSR count). The zero-order valence-electron chi connectivity index (χ0n) is 18.8. The molecule has 2 amide bonds. The predicted octanol–water partition coefficient (Wildman–Crippen LogP) is 3.54. The number of nitrogens with zero attached hydrogens (tertiary/aromatic N) is 4. The highest BCUT2D eigenvalue weighted by Gasteiger charge is 2.34. The number of aromatic nitrogens is 1. The number of nitrogens with one attached hydrogen (secondary N) is 1. The van der Waals surface area contributed by atoms with Gasteiger partial charge in [0, 0.05) is 55.6 Å². The molecule has 1 fully saturated rings. The van der Waals surface area contributed by atoms with Gasteiger partial charge in [0.05, 0.1) is 0 Å². The zero-order chi connectivity index (χ0) is 22.9. The summed E-state index contributed by atoms with van der Waals surface area (Å²) in [6.07, 6.45) is 1.64. The van der Waals surface area contributed by atoms with E-state index in [2.05, 4.69) is 57.5 Å². The Balaban J connectivity index is 1.30. The van der Waals surface area contributed by atoms with Crippen LogP contribution in [0.2, 0.25) is 0 Å². The van der Waals surface area contributed by atoms with Gasteiger partial charge in [-0.3, -0.25) is 9.59 Å². The third kappa shape index (κ3) is 4.36. The van der Waals surface area contributed by atoms with E-state index in [0.717, 1.165) is 42.9 Å². The number of benzene rings is 2. The van der Waals surface area contributed by atoms with Crippen LogP contribution in [-0.4, -0.2) is 65.9 Å². The van der Waals surface area contributed by atoms with Crippen LogP contribution < -0.4 is 10.2 Å². The smallest absolute Gasteiger partial charge is 0.255 e. The summed E-state index contributed by atoms with van der Waals surface area (Å²) >= 11 is 1.36. The van der Waals surface area contributed by atoms with Crippen molar-refractivity contribution in [3.63, 3.8) is 0 Å². The van der Waals surface area contributed by atoms with E-state index in [1.165, 1.54) is 17.0 Å². The van der Waals surface area contributed by atoms with Crippen LogP contribution in [0.15, 0.2) is 54.0 Å². The van der Waals surface area contributed by atoms with Gasteiger partial charge in [-0.15, -0.1) is 11.3 Å². The maximum absolute atomic E-state index is 13.1. The monoisotopic (exact) mass is 461 g/mol. The van der Waals surface area contributed by atoms with Gasteiger partial charge in [0.1, 0.15) is 6.04 Å². The number of likely N-dealkylation sites (N-methyl/N-ethyl adjacent to an activating group) is 1. The lowest BCUT2D eigenvalue weighted by Crippen LogP contribution is -2.44. The highest BCUT2D eigenvalue weighted by molar-refractivity contribution is 7.13. The summed E-state index contributed by atoms with van der Waals surface area (Å²) in [4.78, 5) is 36.2. The zero-order valence-corrected chi connectivity index (χ0v) is 19.6. The van der Waals surface area contributed by atoms with Gasteiger partial charge in [-0.2, -0.15) is 0 Å². The maximum Gasteiger partial charge on any atom is 0.255 e. The van der Waals surface area contributed by atoms with Crippen LogP contribution in [0.25, 0.3) is 11.1 Å². The summed E-state index contributed by atoms with van der Waals surface area (Å²) in [6.45, 7) is 6.41. The minimum Gasteiger partial charge on any atom is -0.369 e. The molecule has 33 heavy (non-hydrogen) atoms. The van der Waals surface area contributed by atoms with E-state index >= 15 is 0 Å². The quantitative estimate of drug-likeness (QED) is 0.629. The van der Waals surface area contributed by atoms with E-state index in [9.17, 15) is 9.59 Å². The first-order chi connectivity index (χ1) is 16.0. The Kier molecular flexibility index (Phi) is 5.86. The number of thiazole rings is 1. The Labute approximate surface area is 197 Å². The summed E-state index contributed by atoms with van der Waals surface area (Å²) in [5.74, 6) is -0.339. The van der Waals surface area contributed by atoms with Crippen LogP contribution in [0, 0.1) is 0 Å². The molecular formula is C25H27N5O2S. The number of carbonyl (C=O) groups is 2. The number of amides is 2. The van der Waals surface area contributed by atoms with Crippen LogP contribution in [0.4, 0.5) is 10.8 Å². The Morgan fingerprint density at radius 1 is 1.06 bits per heavy atom. The van der Waals surface area contributed by atoms with E-state index in [1.54, 1.807) is 23.4 Å². The fourth-order valence-electron chi connectivity index (χ4n) is 4.38. The van der Waals surface area contributed by atoms with Crippen molar-refractivity contribution in [2.45, 2.75) is 19.5 Å². The van der Waals surface area contributed by atoms with Gasteiger partial charge in [-0.25, -0.2) is 4.98 Å². The summed E-state index contributed by atoms with van der Waals surface area (Å²) in [5, 5.41) is 5.13. The number of hydrogen-bond acceptors (Lipinski definition) is 6. The van der Waals surface area contributed by atoms with Crippen molar-refractivity contribution in [2.24, 2.45) is 0 Å². The first-order valence-electron chi connectivity index (χ1n) is 11.2. The van der Waals surface area contributed by atoms with Gasteiger partial charge < -0.3 is 20.0 Å². The van der Waals surface area contributed by atoms with Crippen molar-refractivity contribution in [1.82, 2.24) is 14.8 Å². The predicted molar refractivity (Wildman–Crippen MR) is 132 cm³/mol. The molecule has 0 spiro atoms. The molecule has 2 aliphatic heterocycles. The first kappa shape index (κ1) is 21.6. The van der Waals surface area contributed by atoms with Crippen molar-refractivity contribution in [3.8, 4) is 11.1 Å². The largest absolute Gasteiger partial charge is 0.369 e. The minimum absolute atomic E-state index is 0.109. The molecule has 0 bridgehead atoms. The van der Waals surface area contributed by atoms with Gasteiger partial charge in [0.15, 0.2) is 5.13 Å². The lowest BCUT2D eigenvalue weighted by molar-refractivity contribution is -0.120. The van der Waals surface area contributed by atoms with E-state index in [-0.39, 0.29) is 11.8 Å². The molecule has 1 N–H and O–H groups in total. The van der Waals surface area contributed by atoms with Crippen LogP contribution in [0.1, 0.15) is 22.8 Å². The normalized spacial score (nSPS) is 17.2. The molecule has 2 aromatic carbocycles. The van der Waals surface area contributed by atoms with Crippen LogP contribution >= 0.6 is 11.3 Å². The summed E-state index contributed by atoms with van der Waals surface area (Å²) in [7, 11) is 2.16. The maximum atomic E-state index is 13.1. The molecule has 3 aromatic rings. The minimum atomic E-state index is -0.583. The molecular weight excluding hydrogens is 434 g/mol. The Morgan fingerprint density at radius 3 is 2.48 bits per heavy atom. The van der Waals surface area contributed by atoms with Crippen LogP contribution in [0.3, 0.4) is 0 Å². The van der Waals surface area contributed by atoms with Gasteiger partial charge in [-0.05, 0) is 48.9 Å². The van der Waals surface area contributed by atoms with Crippen molar-refractivity contribution < 1.29 is 9.59 Å². The third-order valence-corrected chi connectivity index (χ3v) is 7.21. The lowest BCUT2D eigenvalue weighted by Gasteiger charge is -2.34.